The maximum Gasteiger partial charge on any atom is 0.175 e. The molecule has 0 fully saturated rings. The summed E-state index contributed by atoms with van der Waals surface area (Å²) in [5, 5.41) is 1.84. The lowest BCUT2D eigenvalue weighted by Gasteiger charge is -2.02. The second kappa shape index (κ2) is 6.78. The summed E-state index contributed by atoms with van der Waals surface area (Å²) in [6.45, 7) is 0. The lowest BCUT2D eigenvalue weighted by atomic mass is 10.2. The van der Waals surface area contributed by atoms with Gasteiger partial charge in [0.1, 0.15) is 5.75 Å². The molecular weight excluding hydrogens is 308 g/mol. The molecule has 0 spiro atoms. The molecule has 0 saturated heterocycles. The summed E-state index contributed by atoms with van der Waals surface area (Å²) in [6, 6.07) is 13.9. The number of halogens is 1. The van der Waals surface area contributed by atoms with Crippen molar-refractivity contribution >= 4 is 27.5 Å². The van der Waals surface area contributed by atoms with Crippen LogP contribution < -0.4 is 4.74 Å². The van der Waals surface area contributed by atoms with Crippen LogP contribution in [0.3, 0.4) is 0 Å². The van der Waals surface area contributed by atoms with Gasteiger partial charge in [-0.25, -0.2) is 8.42 Å². The average molecular weight is 323 g/mol. The van der Waals surface area contributed by atoms with Crippen LogP contribution in [0.1, 0.15) is 11.1 Å². The quantitative estimate of drug-likeness (QED) is 0.837. The zero-order valence-electron chi connectivity index (χ0n) is 11.5. The van der Waals surface area contributed by atoms with Gasteiger partial charge in [-0.05, 0) is 41.5 Å². The maximum atomic E-state index is 12.1. The summed E-state index contributed by atoms with van der Waals surface area (Å²) in [4.78, 5) is 0. The van der Waals surface area contributed by atoms with Crippen LogP contribution in [0.15, 0.2) is 53.9 Å². The predicted octanol–water partition coefficient (Wildman–Crippen LogP) is 3.93. The zero-order chi connectivity index (χ0) is 15.3. The molecule has 2 aromatic carbocycles. The Hall–Kier alpha value is -1.78. The average Bonchev–Trinajstić information content (AvgIpc) is 2.47. The van der Waals surface area contributed by atoms with Crippen LogP contribution in [-0.2, 0) is 15.6 Å². The third kappa shape index (κ3) is 4.92. The second-order valence-corrected chi connectivity index (χ2v) is 6.83. The van der Waals surface area contributed by atoms with E-state index in [1.807, 2.05) is 0 Å². The van der Waals surface area contributed by atoms with Crippen LogP contribution in [0.4, 0.5) is 0 Å². The van der Waals surface area contributed by atoms with E-state index < -0.39 is 9.84 Å². The first-order valence-corrected chi connectivity index (χ1v) is 8.37. The Morgan fingerprint density at radius 3 is 2.24 bits per heavy atom. The van der Waals surface area contributed by atoms with Gasteiger partial charge in [0, 0.05) is 10.4 Å². The van der Waals surface area contributed by atoms with Gasteiger partial charge in [-0.2, -0.15) is 0 Å². The van der Waals surface area contributed by atoms with E-state index in [0.717, 1.165) is 11.1 Å². The Labute approximate surface area is 129 Å². The molecule has 0 amide bonds. The Bertz CT molecular complexity index is 717. The van der Waals surface area contributed by atoms with E-state index in [1.165, 1.54) is 5.41 Å². The van der Waals surface area contributed by atoms with E-state index in [2.05, 4.69) is 0 Å². The highest BCUT2D eigenvalue weighted by molar-refractivity contribution is 7.93. The molecule has 0 aromatic heterocycles. The fourth-order valence-electron chi connectivity index (χ4n) is 1.76. The molecule has 0 aliphatic carbocycles. The monoisotopic (exact) mass is 322 g/mol. The SMILES string of the molecule is COc1ccc(CS(=O)(=O)/C=C/c2ccc(Cl)cc2)cc1. The van der Waals surface area contributed by atoms with Crippen molar-refractivity contribution in [2.75, 3.05) is 7.11 Å². The normalized spacial score (nSPS) is 11.7. The first-order valence-electron chi connectivity index (χ1n) is 6.28. The Balaban J connectivity index is 2.08. The third-order valence-corrected chi connectivity index (χ3v) is 4.40. The van der Waals surface area contributed by atoms with Crippen molar-refractivity contribution in [1.82, 2.24) is 0 Å². The van der Waals surface area contributed by atoms with E-state index in [9.17, 15) is 8.42 Å². The van der Waals surface area contributed by atoms with Gasteiger partial charge in [-0.1, -0.05) is 35.9 Å². The summed E-state index contributed by atoms with van der Waals surface area (Å²) < 4.78 is 29.1. The van der Waals surface area contributed by atoms with Crippen molar-refractivity contribution < 1.29 is 13.2 Å². The lowest BCUT2D eigenvalue weighted by Crippen LogP contribution is -1.99. The number of methoxy groups -OCH3 is 1. The molecule has 110 valence electrons. The van der Waals surface area contributed by atoms with Gasteiger partial charge in [0.15, 0.2) is 9.84 Å². The van der Waals surface area contributed by atoms with E-state index in [-0.39, 0.29) is 5.75 Å². The summed E-state index contributed by atoms with van der Waals surface area (Å²) in [5.41, 5.74) is 1.51. The number of ether oxygens (including phenoxy) is 1. The highest BCUT2D eigenvalue weighted by Crippen LogP contribution is 2.16. The van der Waals surface area contributed by atoms with Crippen LogP contribution in [0.5, 0.6) is 5.75 Å². The Kier molecular flexibility index (Phi) is 5.04. The minimum atomic E-state index is -3.32. The molecule has 0 unspecified atom stereocenters. The highest BCUT2D eigenvalue weighted by Gasteiger charge is 2.08. The minimum absolute atomic E-state index is 0.0406. The molecule has 5 heteroatoms. The van der Waals surface area contributed by atoms with E-state index in [4.69, 9.17) is 16.3 Å². The van der Waals surface area contributed by atoms with Crippen LogP contribution in [0, 0.1) is 0 Å². The molecule has 2 aromatic rings. The Morgan fingerprint density at radius 2 is 1.67 bits per heavy atom. The van der Waals surface area contributed by atoms with Crippen molar-refractivity contribution in [3.8, 4) is 5.75 Å². The van der Waals surface area contributed by atoms with Gasteiger partial charge in [-0.15, -0.1) is 0 Å². The van der Waals surface area contributed by atoms with E-state index in [0.29, 0.717) is 10.8 Å². The molecule has 0 bridgehead atoms. The minimum Gasteiger partial charge on any atom is -0.497 e. The van der Waals surface area contributed by atoms with Gasteiger partial charge < -0.3 is 4.74 Å². The molecule has 0 aliphatic heterocycles. The molecule has 0 N–H and O–H groups in total. The van der Waals surface area contributed by atoms with Crippen molar-refractivity contribution in [2.24, 2.45) is 0 Å². The molecule has 21 heavy (non-hydrogen) atoms. The third-order valence-electron chi connectivity index (χ3n) is 2.86. The number of hydrogen-bond acceptors (Lipinski definition) is 3. The molecule has 2 rings (SSSR count). The molecule has 3 nitrogen and oxygen atoms in total. The highest BCUT2D eigenvalue weighted by atomic mass is 35.5. The number of hydrogen-bond donors (Lipinski definition) is 0. The van der Waals surface area contributed by atoms with Crippen LogP contribution >= 0.6 is 11.6 Å². The molecule has 0 radical (unpaired) electrons. The van der Waals surface area contributed by atoms with Crippen molar-refractivity contribution in [3.05, 3.63) is 70.1 Å². The molecule has 0 saturated carbocycles. The lowest BCUT2D eigenvalue weighted by molar-refractivity contribution is 0.414. The predicted molar refractivity (Wildman–Crippen MR) is 86.1 cm³/mol. The van der Waals surface area contributed by atoms with E-state index in [1.54, 1.807) is 61.7 Å². The van der Waals surface area contributed by atoms with Crippen LogP contribution in [0.25, 0.3) is 6.08 Å². The summed E-state index contributed by atoms with van der Waals surface area (Å²) in [6.07, 6.45) is 1.56. The standard InChI is InChI=1S/C16H15ClO3S/c1-20-16-8-4-14(5-9-16)12-21(18,19)11-10-13-2-6-15(17)7-3-13/h2-11H,12H2,1H3/b11-10+. The smallest absolute Gasteiger partial charge is 0.175 e. The van der Waals surface area contributed by atoms with Gasteiger partial charge in [0.25, 0.3) is 0 Å². The molecule has 0 aliphatic rings. The summed E-state index contributed by atoms with van der Waals surface area (Å²) in [7, 11) is -1.75. The van der Waals surface area contributed by atoms with E-state index >= 15 is 0 Å². The topological polar surface area (TPSA) is 43.4 Å². The van der Waals surface area contributed by atoms with Crippen molar-refractivity contribution in [3.63, 3.8) is 0 Å². The maximum absolute atomic E-state index is 12.1. The van der Waals surface area contributed by atoms with Gasteiger partial charge in [-0.3, -0.25) is 0 Å². The number of sulfone groups is 1. The van der Waals surface area contributed by atoms with Crippen LogP contribution in [0.2, 0.25) is 5.02 Å². The second-order valence-electron chi connectivity index (χ2n) is 4.51. The van der Waals surface area contributed by atoms with Crippen molar-refractivity contribution in [2.45, 2.75) is 5.75 Å². The number of benzene rings is 2. The largest absolute Gasteiger partial charge is 0.497 e. The fourth-order valence-corrected chi connectivity index (χ4v) is 3.00. The first-order chi connectivity index (χ1) is 9.98. The Morgan fingerprint density at radius 1 is 1.05 bits per heavy atom. The van der Waals surface area contributed by atoms with Crippen molar-refractivity contribution in [1.29, 1.82) is 0 Å². The summed E-state index contributed by atoms with van der Waals surface area (Å²) >= 11 is 5.78. The number of rotatable bonds is 5. The fraction of sp³-hybridized carbons (Fsp3) is 0.125. The van der Waals surface area contributed by atoms with Gasteiger partial charge in [0.05, 0.1) is 12.9 Å². The molecular formula is C16H15ClO3S. The van der Waals surface area contributed by atoms with Gasteiger partial charge >= 0.3 is 0 Å². The summed E-state index contributed by atoms with van der Waals surface area (Å²) in [5.74, 6) is 0.661. The molecule has 0 heterocycles. The van der Waals surface area contributed by atoms with Crippen LogP contribution in [-0.4, -0.2) is 15.5 Å². The molecule has 0 atom stereocenters. The zero-order valence-corrected chi connectivity index (χ0v) is 13.1. The first kappa shape index (κ1) is 15.6. The van der Waals surface area contributed by atoms with Gasteiger partial charge in [0.2, 0.25) is 0 Å².